The molecule has 1 saturated carbocycles. The summed E-state index contributed by atoms with van der Waals surface area (Å²) in [7, 11) is 0. The number of aliphatic hydroxyl groups is 1. The molecule has 2 aromatic rings. The number of hydrogen-bond donors (Lipinski definition) is 1. The Morgan fingerprint density at radius 1 is 1.50 bits per heavy atom. The first-order valence-corrected chi connectivity index (χ1v) is 5.64. The molecule has 1 aliphatic rings. The fraction of sp³-hybridized carbons (Fsp3) is 0.455. The number of nitrogens with zero attached hydrogens (tertiary/aromatic N) is 3. The van der Waals surface area contributed by atoms with Gasteiger partial charge in [-0.15, -0.1) is 0 Å². The second kappa shape index (κ2) is 3.18. The first kappa shape index (κ1) is 10.1. The summed E-state index contributed by atoms with van der Waals surface area (Å²) in [5.41, 5.74) is 0.290. The van der Waals surface area contributed by atoms with E-state index in [1.165, 1.54) is 0 Å². The normalized spacial score (nSPS) is 29.3. The van der Waals surface area contributed by atoms with Gasteiger partial charge in [-0.05, 0) is 19.8 Å². The third-order valence-corrected chi connectivity index (χ3v) is 3.47. The van der Waals surface area contributed by atoms with E-state index in [2.05, 4.69) is 9.97 Å². The molecule has 0 amide bonds. The minimum atomic E-state index is -0.534. The lowest BCUT2D eigenvalue weighted by Crippen LogP contribution is -2.39. The molecule has 3 rings (SSSR count). The first-order valence-electron chi connectivity index (χ1n) is 5.27. The van der Waals surface area contributed by atoms with Crippen LogP contribution in [0.2, 0.25) is 5.15 Å². The Kier molecular flexibility index (Phi) is 2.00. The summed E-state index contributed by atoms with van der Waals surface area (Å²) in [6.07, 6.45) is 6.77. The van der Waals surface area contributed by atoms with E-state index in [1.807, 2.05) is 17.5 Å². The summed E-state index contributed by atoms with van der Waals surface area (Å²) < 4.78 is 1.95. The van der Waals surface area contributed by atoms with Crippen molar-refractivity contribution in [2.24, 2.45) is 0 Å². The van der Waals surface area contributed by atoms with Crippen LogP contribution in [0.3, 0.4) is 0 Å². The van der Waals surface area contributed by atoms with Crippen LogP contribution in [0, 0.1) is 0 Å². The van der Waals surface area contributed by atoms with Crippen LogP contribution < -0.4 is 0 Å². The third kappa shape index (κ3) is 1.41. The molecule has 0 unspecified atom stereocenters. The maximum atomic E-state index is 9.73. The number of imidazole rings is 1. The largest absolute Gasteiger partial charge is 0.390 e. The van der Waals surface area contributed by atoms with Crippen molar-refractivity contribution in [1.82, 2.24) is 14.4 Å². The highest BCUT2D eigenvalue weighted by Crippen LogP contribution is 2.43. The molecule has 0 spiro atoms. The van der Waals surface area contributed by atoms with Crippen LogP contribution in [-0.2, 0) is 0 Å². The Labute approximate surface area is 97.9 Å². The fourth-order valence-corrected chi connectivity index (χ4v) is 2.60. The lowest BCUT2D eigenvalue weighted by atomic mass is 9.72. The van der Waals surface area contributed by atoms with Crippen molar-refractivity contribution in [3.63, 3.8) is 0 Å². The van der Waals surface area contributed by atoms with Crippen LogP contribution in [-0.4, -0.2) is 25.1 Å². The second-order valence-corrected chi connectivity index (χ2v) is 5.05. The van der Waals surface area contributed by atoms with Gasteiger partial charge in [0.25, 0.3) is 0 Å². The smallest absolute Gasteiger partial charge is 0.154 e. The quantitative estimate of drug-likeness (QED) is 0.826. The number of rotatable bonds is 1. The molecular formula is C11H12ClN3O. The van der Waals surface area contributed by atoms with Gasteiger partial charge in [0.2, 0.25) is 0 Å². The van der Waals surface area contributed by atoms with Gasteiger partial charge in [0.05, 0.1) is 11.8 Å². The summed E-state index contributed by atoms with van der Waals surface area (Å²) in [6, 6.07) is 0. The summed E-state index contributed by atoms with van der Waals surface area (Å²) >= 11 is 5.97. The van der Waals surface area contributed by atoms with Gasteiger partial charge in [0, 0.05) is 18.3 Å². The number of fused-ring (bicyclic) bond motifs is 1. The summed E-state index contributed by atoms with van der Waals surface area (Å²) in [5, 5.41) is 10.2. The Hall–Kier alpha value is -1.13. The highest BCUT2D eigenvalue weighted by atomic mass is 35.5. The van der Waals surface area contributed by atoms with Crippen LogP contribution in [0.25, 0.3) is 5.52 Å². The van der Waals surface area contributed by atoms with Crippen LogP contribution in [0.4, 0.5) is 0 Å². The van der Waals surface area contributed by atoms with E-state index in [4.69, 9.17) is 11.6 Å². The highest BCUT2D eigenvalue weighted by molar-refractivity contribution is 6.32. The average Bonchev–Trinajstić information content (AvgIpc) is 2.59. The maximum absolute atomic E-state index is 9.73. The van der Waals surface area contributed by atoms with Gasteiger partial charge in [-0.25, -0.2) is 9.97 Å². The zero-order valence-corrected chi connectivity index (χ0v) is 9.65. The summed E-state index contributed by atoms with van der Waals surface area (Å²) in [4.78, 5) is 8.38. The molecule has 0 radical (unpaired) electrons. The predicted molar refractivity (Wildman–Crippen MR) is 60.6 cm³/mol. The molecule has 2 heterocycles. The van der Waals surface area contributed by atoms with Crippen molar-refractivity contribution in [3.8, 4) is 0 Å². The van der Waals surface area contributed by atoms with Crippen LogP contribution in [0.5, 0.6) is 0 Å². The second-order valence-electron chi connectivity index (χ2n) is 4.69. The molecule has 84 valence electrons. The average molecular weight is 238 g/mol. The van der Waals surface area contributed by atoms with Crippen LogP contribution in [0.15, 0.2) is 18.6 Å². The van der Waals surface area contributed by atoms with Gasteiger partial charge in [-0.2, -0.15) is 0 Å². The van der Waals surface area contributed by atoms with Crippen molar-refractivity contribution >= 4 is 17.1 Å². The van der Waals surface area contributed by atoms with Crippen molar-refractivity contribution in [1.29, 1.82) is 0 Å². The molecule has 0 aromatic carbocycles. The van der Waals surface area contributed by atoms with Crippen molar-refractivity contribution in [2.45, 2.75) is 31.3 Å². The lowest BCUT2D eigenvalue weighted by Gasteiger charge is -2.40. The topological polar surface area (TPSA) is 50.4 Å². The Morgan fingerprint density at radius 3 is 2.94 bits per heavy atom. The molecule has 1 N–H and O–H groups in total. The van der Waals surface area contributed by atoms with Crippen molar-refractivity contribution in [3.05, 3.63) is 29.6 Å². The number of aromatic nitrogens is 3. The van der Waals surface area contributed by atoms with E-state index in [-0.39, 0.29) is 0 Å². The Balaban J connectivity index is 2.03. The predicted octanol–water partition coefficient (Wildman–Crippen LogP) is 2.01. The minimum absolute atomic E-state index is 0.316. The third-order valence-electron chi connectivity index (χ3n) is 3.18. The Bertz CT molecular complexity index is 541. The summed E-state index contributed by atoms with van der Waals surface area (Å²) in [5.74, 6) is 1.28. The van der Waals surface area contributed by atoms with Crippen molar-refractivity contribution in [2.75, 3.05) is 0 Å². The van der Waals surface area contributed by atoms with Crippen LogP contribution >= 0.6 is 11.6 Å². The molecule has 0 aliphatic heterocycles. The van der Waals surface area contributed by atoms with Gasteiger partial charge in [0.15, 0.2) is 5.15 Å². The lowest BCUT2D eigenvalue weighted by molar-refractivity contribution is -0.0335. The van der Waals surface area contributed by atoms with E-state index < -0.39 is 5.60 Å². The first-order chi connectivity index (χ1) is 7.57. The van der Waals surface area contributed by atoms with E-state index in [0.717, 1.165) is 24.2 Å². The highest BCUT2D eigenvalue weighted by Gasteiger charge is 2.41. The minimum Gasteiger partial charge on any atom is -0.390 e. The van der Waals surface area contributed by atoms with Gasteiger partial charge >= 0.3 is 0 Å². The van der Waals surface area contributed by atoms with E-state index in [0.29, 0.717) is 11.1 Å². The van der Waals surface area contributed by atoms with Gasteiger partial charge in [0.1, 0.15) is 11.3 Å². The molecule has 2 aromatic heterocycles. The molecule has 0 saturated heterocycles. The molecule has 5 heteroatoms. The monoisotopic (exact) mass is 237 g/mol. The molecule has 4 nitrogen and oxygen atoms in total. The molecule has 0 bridgehead atoms. The molecule has 1 aliphatic carbocycles. The molecule has 16 heavy (non-hydrogen) atoms. The van der Waals surface area contributed by atoms with Crippen LogP contribution in [0.1, 0.15) is 31.5 Å². The SMILES string of the molecule is C[C@]1(O)C[C@@H](c2ncc3c(Cl)nccn32)C1. The standard InChI is InChI=1S/C11H12ClN3O/c1-11(16)4-7(5-11)10-14-6-8-9(12)13-2-3-15(8)10/h2-3,6-7,16H,4-5H2,1H3/t7-,11+. The van der Waals surface area contributed by atoms with Gasteiger partial charge in [-0.3, -0.25) is 4.40 Å². The molecule has 1 fully saturated rings. The zero-order chi connectivity index (χ0) is 11.3. The molecular weight excluding hydrogens is 226 g/mol. The van der Waals surface area contributed by atoms with Crippen molar-refractivity contribution < 1.29 is 5.11 Å². The number of halogens is 1. The maximum Gasteiger partial charge on any atom is 0.154 e. The fourth-order valence-electron chi connectivity index (χ4n) is 2.40. The van der Waals surface area contributed by atoms with Gasteiger partial charge in [-0.1, -0.05) is 11.6 Å². The Morgan fingerprint density at radius 2 is 2.25 bits per heavy atom. The number of hydrogen-bond acceptors (Lipinski definition) is 3. The zero-order valence-electron chi connectivity index (χ0n) is 8.89. The summed E-state index contributed by atoms with van der Waals surface area (Å²) in [6.45, 7) is 1.85. The van der Waals surface area contributed by atoms with E-state index in [1.54, 1.807) is 12.4 Å². The molecule has 0 atom stereocenters. The van der Waals surface area contributed by atoms with E-state index in [9.17, 15) is 5.11 Å². The van der Waals surface area contributed by atoms with E-state index >= 15 is 0 Å². The van der Waals surface area contributed by atoms with Gasteiger partial charge < -0.3 is 5.11 Å².